The molecule has 2 unspecified atom stereocenters. The molecule has 4 aromatic rings. The Balaban J connectivity index is 1.18. The van der Waals surface area contributed by atoms with Crippen LogP contribution in [-0.2, 0) is 16.1 Å². The van der Waals surface area contributed by atoms with E-state index in [-0.39, 0.29) is 35.8 Å². The molecule has 1 aliphatic heterocycles. The topological polar surface area (TPSA) is 116 Å². The van der Waals surface area contributed by atoms with E-state index < -0.39 is 5.60 Å². The van der Waals surface area contributed by atoms with Gasteiger partial charge in [-0.2, -0.15) is 5.10 Å². The Kier molecular flexibility index (Phi) is 7.19. The number of amides is 3. The summed E-state index contributed by atoms with van der Waals surface area (Å²) < 4.78 is 5.75. The van der Waals surface area contributed by atoms with Crippen molar-refractivity contribution in [2.24, 2.45) is 11.0 Å². The number of hydrogen-bond donors (Lipinski definition) is 3. The maximum absolute atomic E-state index is 13.2. The third kappa shape index (κ3) is 5.82. The summed E-state index contributed by atoms with van der Waals surface area (Å²) in [7, 11) is 0. The highest BCUT2D eigenvalue weighted by Gasteiger charge is 2.44. The number of hydrazone groups is 1. The predicted molar refractivity (Wildman–Crippen MR) is 174 cm³/mol. The number of aromatic nitrogens is 1. The number of hydrogen-bond acceptors (Lipinski definition) is 5. The van der Waals surface area contributed by atoms with Gasteiger partial charge in [0.15, 0.2) is 0 Å². The Hall–Kier alpha value is -4.92. The van der Waals surface area contributed by atoms with Crippen molar-refractivity contribution >= 4 is 40.7 Å². The Bertz CT molecular complexity index is 1830. The second kappa shape index (κ2) is 11.2. The molecular weight excluding hydrogens is 566 g/mol. The van der Waals surface area contributed by atoms with Crippen LogP contribution in [0.1, 0.15) is 79.4 Å². The summed E-state index contributed by atoms with van der Waals surface area (Å²) >= 11 is 0. The van der Waals surface area contributed by atoms with Crippen LogP contribution in [0.5, 0.6) is 0 Å². The van der Waals surface area contributed by atoms with Crippen LogP contribution in [0.15, 0.2) is 71.8 Å². The molecule has 45 heavy (non-hydrogen) atoms. The van der Waals surface area contributed by atoms with Crippen molar-refractivity contribution < 1.29 is 19.1 Å². The van der Waals surface area contributed by atoms with E-state index in [4.69, 9.17) is 4.74 Å². The summed E-state index contributed by atoms with van der Waals surface area (Å²) in [5.41, 5.74) is 8.36. The largest absolute Gasteiger partial charge is 0.444 e. The smallest absolute Gasteiger partial charge is 0.410 e. The molecule has 0 spiro atoms. The van der Waals surface area contributed by atoms with Crippen molar-refractivity contribution in [2.75, 3.05) is 5.32 Å². The van der Waals surface area contributed by atoms with Gasteiger partial charge in [0.05, 0.1) is 17.5 Å². The van der Waals surface area contributed by atoms with E-state index in [2.05, 4.69) is 39.0 Å². The summed E-state index contributed by atoms with van der Waals surface area (Å²) in [6, 6.07) is 21.9. The zero-order valence-electron chi connectivity index (χ0n) is 25.7. The van der Waals surface area contributed by atoms with Gasteiger partial charge in [0.1, 0.15) is 5.60 Å². The number of ether oxygens (including phenoxy) is 1. The van der Waals surface area contributed by atoms with E-state index in [0.29, 0.717) is 17.8 Å². The lowest BCUT2D eigenvalue weighted by Gasteiger charge is -2.38. The molecule has 2 atom stereocenters. The summed E-state index contributed by atoms with van der Waals surface area (Å²) in [6.45, 7) is 6.08. The molecule has 0 radical (unpaired) electrons. The van der Waals surface area contributed by atoms with Crippen molar-refractivity contribution in [3.63, 3.8) is 0 Å². The molecule has 9 heteroatoms. The second-order valence-electron chi connectivity index (χ2n) is 13.3. The van der Waals surface area contributed by atoms with E-state index in [9.17, 15) is 14.4 Å². The van der Waals surface area contributed by atoms with Crippen LogP contribution in [0.2, 0.25) is 0 Å². The summed E-state index contributed by atoms with van der Waals surface area (Å²) in [4.78, 5) is 44.8. The number of rotatable bonds is 7. The molecule has 1 aromatic heterocycles. The normalized spacial score (nSPS) is 19.0. The minimum atomic E-state index is -0.574. The lowest BCUT2D eigenvalue weighted by atomic mass is 9.91. The number of anilines is 1. The molecular formula is C36H37N5O4. The van der Waals surface area contributed by atoms with Crippen molar-refractivity contribution in [3.8, 4) is 11.3 Å². The van der Waals surface area contributed by atoms with E-state index >= 15 is 0 Å². The minimum Gasteiger partial charge on any atom is -0.444 e. The standard InChI is InChI=1S/C36H37N5O4/c1-36(2,3)45-35(44)41(25-13-8-14-25)20-21-9-7-12-23(15-21)32-29-19-37-40-34(43)28-16-24(17-30(39-32)31(28)29)38-33(42)27-18-26(27)22-10-5-4-6-11-22/h4-7,9-12,15-17,19,25-27,39H,8,13-14,18,20H2,1-3H3,(H,38,42)(H,40,43). The number of carbonyl (C=O) groups excluding carboxylic acids is 3. The van der Waals surface area contributed by atoms with Gasteiger partial charge in [0, 0.05) is 40.7 Å². The van der Waals surface area contributed by atoms with E-state index in [1.54, 1.807) is 12.3 Å². The first kappa shape index (κ1) is 28.8. The number of H-pyrrole nitrogens is 1. The quantitative estimate of drug-likeness (QED) is 0.212. The van der Waals surface area contributed by atoms with Crippen LogP contribution in [-0.4, -0.2) is 45.6 Å². The van der Waals surface area contributed by atoms with Crippen LogP contribution < -0.4 is 10.7 Å². The minimum absolute atomic E-state index is 0.0543. The number of carbonyl (C=O) groups is 3. The molecule has 2 fully saturated rings. The average molecular weight is 604 g/mol. The molecule has 7 rings (SSSR count). The number of aromatic amines is 1. The van der Waals surface area contributed by atoms with Crippen molar-refractivity contribution in [1.82, 2.24) is 15.3 Å². The number of nitrogens with one attached hydrogen (secondary N) is 3. The first-order valence-electron chi connectivity index (χ1n) is 15.6. The molecule has 9 nitrogen and oxygen atoms in total. The molecule has 230 valence electrons. The first-order valence-corrected chi connectivity index (χ1v) is 15.6. The molecule has 3 amide bonds. The first-order chi connectivity index (χ1) is 21.6. The fraction of sp³-hybridized carbons (Fsp3) is 0.333. The highest BCUT2D eigenvalue weighted by atomic mass is 16.6. The van der Waals surface area contributed by atoms with Gasteiger partial charge in [-0.05, 0) is 87.3 Å². The fourth-order valence-electron chi connectivity index (χ4n) is 6.35. The molecule has 3 aliphatic rings. The van der Waals surface area contributed by atoms with Crippen LogP contribution >= 0.6 is 0 Å². The summed E-state index contributed by atoms with van der Waals surface area (Å²) in [6.07, 6.45) is 5.21. The maximum atomic E-state index is 13.2. The van der Waals surface area contributed by atoms with E-state index in [1.165, 1.54) is 5.56 Å². The van der Waals surface area contributed by atoms with Gasteiger partial charge in [-0.25, -0.2) is 10.2 Å². The highest BCUT2D eigenvalue weighted by Crippen LogP contribution is 2.48. The lowest BCUT2D eigenvalue weighted by molar-refractivity contribution is -0.117. The van der Waals surface area contributed by atoms with Crippen LogP contribution in [0, 0.1) is 5.92 Å². The van der Waals surface area contributed by atoms with Crippen molar-refractivity contribution in [3.05, 3.63) is 89.0 Å². The van der Waals surface area contributed by atoms with Gasteiger partial charge in [-0.1, -0.05) is 48.5 Å². The van der Waals surface area contributed by atoms with E-state index in [0.717, 1.165) is 59.0 Å². The summed E-state index contributed by atoms with van der Waals surface area (Å²) in [5, 5.41) is 7.99. The zero-order chi connectivity index (χ0) is 31.3. The Morgan fingerprint density at radius 3 is 2.58 bits per heavy atom. The predicted octanol–water partition coefficient (Wildman–Crippen LogP) is 6.94. The van der Waals surface area contributed by atoms with E-state index in [1.807, 2.05) is 68.1 Å². The molecule has 3 N–H and O–H groups in total. The lowest BCUT2D eigenvalue weighted by Crippen LogP contribution is -2.46. The third-order valence-electron chi connectivity index (χ3n) is 8.88. The molecule has 2 heterocycles. The van der Waals surface area contributed by atoms with Crippen molar-refractivity contribution in [2.45, 2.75) is 70.6 Å². The van der Waals surface area contributed by atoms with Gasteiger partial charge in [-0.3, -0.25) is 9.59 Å². The van der Waals surface area contributed by atoms with Crippen molar-refractivity contribution in [1.29, 1.82) is 0 Å². The molecule has 2 saturated carbocycles. The summed E-state index contributed by atoms with van der Waals surface area (Å²) in [5.74, 6) is -0.286. The highest BCUT2D eigenvalue weighted by molar-refractivity contribution is 6.18. The van der Waals surface area contributed by atoms with Gasteiger partial charge in [0.2, 0.25) is 5.91 Å². The van der Waals surface area contributed by atoms with Gasteiger partial charge in [-0.15, -0.1) is 0 Å². The zero-order valence-corrected chi connectivity index (χ0v) is 25.7. The third-order valence-corrected chi connectivity index (χ3v) is 8.88. The molecule has 0 saturated heterocycles. The molecule has 0 bridgehead atoms. The second-order valence-corrected chi connectivity index (χ2v) is 13.3. The number of benzene rings is 3. The van der Waals surface area contributed by atoms with Crippen LogP contribution in [0.25, 0.3) is 22.2 Å². The van der Waals surface area contributed by atoms with Gasteiger partial charge < -0.3 is 19.9 Å². The Labute approximate surface area is 262 Å². The van der Waals surface area contributed by atoms with Gasteiger partial charge >= 0.3 is 6.09 Å². The Morgan fingerprint density at radius 2 is 1.84 bits per heavy atom. The SMILES string of the molecule is CC(C)(C)OC(=O)N(Cc1cccc(-c2[nH]c3cc(NC(=O)C4CC4c4ccccc4)cc4c3c2C=NNC4=O)c1)C1CCC1. The van der Waals surface area contributed by atoms with Gasteiger partial charge in [0.25, 0.3) is 5.91 Å². The molecule has 3 aromatic carbocycles. The number of nitrogens with zero attached hydrogens (tertiary/aromatic N) is 2. The fourth-order valence-corrected chi connectivity index (χ4v) is 6.35. The molecule has 2 aliphatic carbocycles. The average Bonchev–Trinajstić information content (AvgIpc) is 3.73. The van der Waals surface area contributed by atoms with Crippen LogP contribution in [0.4, 0.5) is 10.5 Å². The maximum Gasteiger partial charge on any atom is 0.410 e. The Morgan fingerprint density at radius 1 is 1.04 bits per heavy atom. The van der Waals surface area contributed by atoms with Crippen LogP contribution in [0.3, 0.4) is 0 Å². The monoisotopic (exact) mass is 603 g/mol.